The van der Waals surface area contributed by atoms with E-state index in [1.165, 1.54) is 0 Å². The third-order valence-corrected chi connectivity index (χ3v) is 0.538. The normalized spacial score (nSPS) is 8.71. The quantitative estimate of drug-likeness (QED) is 0.533. The molecular weight excluding hydrogens is 94.1 g/mol. The predicted molar refractivity (Wildman–Crippen MR) is 22.7 cm³/mol. The molecule has 0 unspecified atom stereocenters. The van der Waals surface area contributed by atoms with Crippen LogP contribution in [0.5, 0.6) is 0 Å². The number of hydrogen-bond acceptors (Lipinski definition) is 4. The van der Waals surface area contributed by atoms with Gasteiger partial charge in [0, 0.05) is 7.05 Å². The molecule has 37 valence electrons. The van der Waals surface area contributed by atoms with Crippen molar-refractivity contribution < 1.29 is 4.42 Å². The monoisotopic (exact) mass is 98.0 g/mol. The number of nitrogens with one attached hydrogen (secondary N) is 1. The van der Waals surface area contributed by atoms with E-state index in [-0.39, 0.29) is 0 Å². The average molecular weight is 98.1 g/mol. The van der Waals surface area contributed by atoms with Crippen LogP contribution in [-0.2, 0) is 0 Å². The fourth-order valence-electron chi connectivity index (χ4n) is 0.251. The molecule has 4 nitrogen and oxygen atoms in total. The minimum absolute atomic E-state index is 0.389. The fraction of sp³-hybridized carbons (Fsp3) is 0.333. The molecule has 1 rings (SSSR count). The molecule has 0 amide bonds. The van der Waals surface area contributed by atoms with Crippen molar-refractivity contribution in [2.45, 2.75) is 0 Å². The summed E-state index contributed by atoms with van der Waals surface area (Å²) in [7, 11) is 1.70. The molecule has 0 atom stereocenters. The highest BCUT2D eigenvalue weighted by molar-refractivity contribution is 5.11. The molecule has 1 heterocycles. The smallest absolute Gasteiger partial charge is 0.315 e. The Morgan fingerprint density at radius 2 is 2.71 bits per heavy atom. The van der Waals surface area contributed by atoms with Crippen LogP contribution in [-0.4, -0.2) is 17.2 Å². The van der Waals surface area contributed by atoms with Gasteiger partial charge in [0.1, 0.15) is 0 Å². The minimum Gasteiger partial charge on any atom is -0.399 e. The Balaban J connectivity index is 2.76. The van der Waals surface area contributed by atoms with E-state index >= 15 is 0 Å². The first-order valence-corrected chi connectivity index (χ1v) is 1.81. The molecule has 0 bridgehead atoms. The summed E-state index contributed by atoms with van der Waals surface area (Å²) in [5.41, 5.74) is 0. The molecule has 0 fully saturated rings. The highest BCUT2D eigenvalue weighted by Gasteiger charge is 1.87. The van der Waals surface area contributed by atoms with Gasteiger partial charge in [0.2, 0.25) is 0 Å². The Morgan fingerprint density at radius 1 is 1.86 bits per heavy atom. The molecule has 4 heteroatoms. The van der Waals surface area contributed by atoms with Crippen LogP contribution < -0.4 is 5.32 Å². The highest BCUT2D eigenvalue weighted by atomic mass is 16.4. The number of rotatable bonds is 1. The van der Waals surface area contributed by atoms with E-state index in [1.807, 2.05) is 0 Å². The summed E-state index contributed by atoms with van der Waals surface area (Å²) in [6, 6.07) is 0.389. The number of nitrogens with zero attached hydrogens (tertiary/aromatic N) is 2. The summed E-state index contributed by atoms with van der Waals surface area (Å²) >= 11 is 0. The van der Waals surface area contributed by atoms with Gasteiger partial charge < -0.3 is 9.73 Å². The Kier molecular flexibility index (Phi) is 0.934. The van der Waals surface area contributed by atoms with Crippen LogP contribution in [0, 0.1) is 6.39 Å². The third kappa shape index (κ3) is 0.677. The number of aromatic nitrogens is 2. The predicted octanol–water partition coefficient (Wildman–Crippen LogP) is -0.0885. The summed E-state index contributed by atoms with van der Waals surface area (Å²) < 4.78 is 4.52. The van der Waals surface area contributed by atoms with Gasteiger partial charge in [0.05, 0.1) is 0 Å². The molecule has 1 N–H and O–H groups in total. The summed E-state index contributed by atoms with van der Waals surface area (Å²) in [5.74, 6) is 0. The van der Waals surface area contributed by atoms with Crippen LogP contribution in [0.1, 0.15) is 0 Å². The minimum atomic E-state index is 0.389. The van der Waals surface area contributed by atoms with E-state index in [2.05, 4.69) is 26.3 Å². The summed E-state index contributed by atoms with van der Waals surface area (Å²) in [6.45, 7) is 0. The number of hydrogen-bond donors (Lipinski definition) is 1. The molecule has 0 spiro atoms. The first-order chi connectivity index (χ1) is 3.43. The molecule has 0 aliphatic heterocycles. The van der Waals surface area contributed by atoms with Crippen molar-refractivity contribution in [1.82, 2.24) is 10.2 Å². The van der Waals surface area contributed by atoms with Crippen LogP contribution >= 0.6 is 0 Å². The number of anilines is 1. The lowest BCUT2D eigenvalue weighted by Gasteiger charge is -1.80. The zero-order valence-electron chi connectivity index (χ0n) is 3.80. The zero-order valence-corrected chi connectivity index (χ0v) is 3.80. The van der Waals surface area contributed by atoms with E-state index in [0.29, 0.717) is 6.01 Å². The van der Waals surface area contributed by atoms with Gasteiger partial charge in [0.15, 0.2) is 0 Å². The lowest BCUT2D eigenvalue weighted by atomic mass is 11.1. The zero-order chi connectivity index (χ0) is 5.11. The molecule has 1 radical (unpaired) electrons. The molecule has 1 aromatic rings. The van der Waals surface area contributed by atoms with Crippen molar-refractivity contribution in [1.29, 1.82) is 0 Å². The van der Waals surface area contributed by atoms with Gasteiger partial charge in [-0.2, -0.15) is 0 Å². The second-order valence-corrected chi connectivity index (χ2v) is 0.949. The van der Waals surface area contributed by atoms with Crippen molar-refractivity contribution in [2.24, 2.45) is 0 Å². The van der Waals surface area contributed by atoms with E-state index in [0.717, 1.165) is 0 Å². The molecule has 0 saturated heterocycles. The Labute approximate surface area is 40.5 Å². The summed E-state index contributed by atoms with van der Waals surface area (Å²) in [5, 5.41) is 9.38. The maximum atomic E-state index is 4.52. The molecule has 1 aromatic heterocycles. The van der Waals surface area contributed by atoms with Crippen molar-refractivity contribution >= 4 is 6.01 Å². The third-order valence-electron chi connectivity index (χ3n) is 0.538. The van der Waals surface area contributed by atoms with E-state index in [1.54, 1.807) is 7.05 Å². The average Bonchev–Trinajstić information content (AvgIpc) is 2.14. The topological polar surface area (TPSA) is 51.0 Å². The molecular formula is C3H4N3O. The Hall–Kier alpha value is -1.06. The molecule has 0 aliphatic carbocycles. The van der Waals surface area contributed by atoms with Gasteiger partial charge in [-0.1, -0.05) is 5.10 Å². The van der Waals surface area contributed by atoms with Crippen LogP contribution in [0.2, 0.25) is 0 Å². The SMILES string of the molecule is CNc1nn[c]o1. The van der Waals surface area contributed by atoms with Gasteiger partial charge in [-0.25, -0.2) is 0 Å². The van der Waals surface area contributed by atoms with Crippen LogP contribution in [0.4, 0.5) is 6.01 Å². The Bertz CT molecular complexity index is 125. The molecule has 0 saturated carbocycles. The van der Waals surface area contributed by atoms with Gasteiger partial charge >= 0.3 is 12.4 Å². The standard InChI is InChI=1S/C3H4N3O/c1-4-3-6-5-2-7-3/h1H3,(H,4,6). The first kappa shape index (κ1) is 4.11. The van der Waals surface area contributed by atoms with E-state index < -0.39 is 0 Å². The van der Waals surface area contributed by atoms with Gasteiger partial charge in [-0.3, -0.25) is 0 Å². The highest BCUT2D eigenvalue weighted by Crippen LogP contribution is 1.92. The lowest BCUT2D eigenvalue weighted by molar-refractivity contribution is 0.560. The second-order valence-electron chi connectivity index (χ2n) is 0.949. The molecule has 0 aromatic carbocycles. The fourth-order valence-corrected chi connectivity index (χ4v) is 0.251. The van der Waals surface area contributed by atoms with Gasteiger partial charge in [-0.15, -0.1) is 5.10 Å². The first-order valence-electron chi connectivity index (χ1n) is 1.81. The van der Waals surface area contributed by atoms with Crippen molar-refractivity contribution in [3.05, 3.63) is 6.39 Å². The maximum Gasteiger partial charge on any atom is 0.315 e. The maximum absolute atomic E-state index is 4.52. The van der Waals surface area contributed by atoms with Gasteiger partial charge in [0.25, 0.3) is 0 Å². The largest absolute Gasteiger partial charge is 0.399 e. The summed E-state index contributed by atoms with van der Waals surface area (Å²) in [4.78, 5) is 0. The lowest BCUT2D eigenvalue weighted by Crippen LogP contribution is -1.85. The van der Waals surface area contributed by atoms with Crippen LogP contribution in [0.3, 0.4) is 0 Å². The molecule has 7 heavy (non-hydrogen) atoms. The Morgan fingerprint density at radius 3 is 3.00 bits per heavy atom. The van der Waals surface area contributed by atoms with Crippen molar-refractivity contribution in [3.8, 4) is 0 Å². The summed E-state index contributed by atoms with van der Waals surface area (Å²) in [6.07, 6.45) is 2.18. The van der Waals surface area contributed by atoms with Gasteiger partial charge in [-0.05, 0) is 0 Å². The van der Waals surface area contributed by atoms with Crippen LogP contribution in [0.25, 0.3) is 0 Å². The molecule has 0 aliphatic rings. The van der Waals surface area contributed by atoms with Crippen molar-refractivity contribution in [3.63, 3.8) is 0 Å². The van der Waals surface area contributed by atoms with E-state index in [4.69, 9.17) is 0 Å². The van der Waals surface area contributed by atoms with Crippen molar-refractivity contribution in [2.75, 3.05) is 12.4 Å². The van der Waals surface area contributed by atoms with E-state index in [9.17, 15) is 0 Å². The van der Waals surface area contributed by atoms with Crippen LogP contribution in [0.15, 0.2) is 4.42 Å². The second kappa shape index (κ2) is 1.59.